The molecule has 1 atom stereocenters. The maximum atomic E-state index is 12.4. The summed E-state index contributed by atoms with van der Waals surface area (Å²) in [6, 6.07) is 0. The van der Waals surface area contributed by atoms with Gasteiger partial charge >= 0.3 is 7.82 Å². The predicted molar refractivity (Wildman–Crippen MR) is 118 cm³/mol. The number of carbonyl (C=O) groups excluding carboxylic acids is 2. The smallest absolute Gasteiger partial charge is 0.365 e. The number of phosphoric ester groups is 1. The van der Waals surface area contributed by atoms with Gasteiger partial charge in [-0.25, -0.2) is 4.57 Å². The fourth-order valence-corrected chi connectivity index (χ4v) is 5.15. The number of allylic oxidation sites excluding steroid dienone is 1. The molecule has 1 aliphatic carbocycles. The average molecular weight is 592 g/mol. The van der Waals surface area contributed by atoms with Crippen molar-refractivity contribution in [3.63, 3.8) is 0 Å². The molecule has 0 aromatic rings. The van der Waals surface area contributed by atoms with E-state index in [0.29, 0.717) is 22.4 Å². The quantitative estimate of drug-likeness (QED) is 0.199. The standard InChI is InChI=1S/C12H13N3O2.C5H10Br2ClO4P/c16-9-7-8(13-1-2-13)12(17)11(15-5-6-15)10(9)14-3-4-14;1-4(2,3-6)5(7,8)12-13(9,10)11/h7H,1-6H2;3H2,1-2H3,(H2,9,10,11). The van der Waals surface area contributed by atoms with Gasteiger partial charge in [0.2, 0.25) is 15.5 Å². The number of alkyl halides is 3. The molecule has 9 nitrogen and oxygen atoms in total. The van der Waals surface area contributed by atoms with Crippen molar-refractivity contribution in [1.29, 1.82) is 0 Å². The van der Waals surface area contributed by atoms with Crippen LogP contribution in [0.25, 0.3) is 0 Å². The molecule has 4 aliphatic rings. The fourth-order valence-electron chi connectivity index (χ4n) is 2.63. The number of hydrogen-bond acceptors (Lipinski definition) is 7. The second kappa shape index (κ2) is 8.50. The highest BCUT2D eigenvalue weighted by molar-refractivity contribution is 9.10. The summed E-state index contributed by atoms with van der Waals surface area (Å²) in [7, 11) is -4.60. The number of phosphoric acid groups is 1. The van der Waals surface area contributed by atoms with Crippen LogP contribution in [0, 0.1) is 5.41 Å². The third-order valence-electron chi connectivity index (χ3n) is 4.84. The number of carbonyl (C=O) groups is 2. The highest BCUT2D eigenvalue weighted by Gasteiger charge is 2.46. The van der Waals surface area contributed by atoms with Gasteiger partial charge in [-0.15, -0.1) is 0 Å². The van der Waals surface area contributed by atoms with E-state index in [2.05, 4.69) is 36.4 Å². The summed E-state index contributed by atoms with van der Waals surface area (Å²) in [6.07, 6.45) is 1.52. The van der Waals surface area contributed by atoms with E-state index in [9.17, 15) is 14.2 Å². The van der Waals surface area contributed by atoms with Crippen LogP contribution in [0.4, 0.5) is 0 Å². The zero-order valence-corrected chi connectivity index (χ0v) is 21.3. The van der Waals surface area contributed by atoms with Gasteiger partial charge in [-0.2, -0.15) is 0 Å². The van der Waals surface area contributed by atoms with E-state index in [-0.39, 0.29) is 11.6 Å². The highest BCUT2D eigenvalue weighted by atomic mass is 79.9. The Morgan fingerprint density at radius 1 is 1.07 bits per heavy atom. The van der Waals surface area contributed by atoms with Crippen LogP contribution in [-0.4, -0.2) is 84.6 Å². The second-order valence-corrected chi connectivity index (χ2v) is 11.8. The molecule has 3 aliphatic heterocycles. The molecule has 0 radical (unpaired) electrons. The lowest BCUT2D eigenvalue weighted by Gasteiger charge is -2.35. The van der Waals surface area contributed by atoms with Gasteiger partial charge < -0.3 is 24.5 Å². The van der Waals surface area contributed by atoms with Crippen molar-refractivity contribution in [3.8, 4) is 0 Å². The van der Waals surface area contributed by atoms with E-state index in [0.717, 1.165) is 39.3 Å². The molecular formula is C17H23Br2ClN3O6P. The lowest BCUT2D eigenvalue weighted by molar-refractivity contribution is -0.117. The van der Waals surface area contributed by atoms with E-state index in [4.69, 9.17) is 21.4 Å². The molecule has 30 heavy (non-hydrogen) atoms. The molecule has 0 saturated carbocycles. The Labute approximate surface area is 196 Å². The lowest BCUT2D eigenvalue weighted by atomic mass is 9.98. The Bertz CT molecular complexity index is 860. The van der Waals surface area contributed by atoms with Gasteiger partial charge in [0.1, 0.15) is 11.4 Å². The van der Waals surface area contributed by atoms with Crippen LogP contribution in [0.15, 0.2) is 23.2 Å². The number of nitrogens with zero attached hydrogens (tertiary/aromatic N) is 3. The fraction of sp³-hybridized carbons (Fsp3) is 0.647. The summed E-state index contributed by atoms with van der Waals surface area (Å²) < 4.78 is 13.4. The van der Waals surface area contributed by atoms with Crippen molar-refractivity contribution < 1.29 is 28.5 Å². The Morgan fingerprint density at radius 2 is 1.53 bits per heavy atom. The number of halogens is 3. The Morgan fingerprint density at radius 3 is 1.93 bits per heavy atom. The van der Waals surface area contributed by atoms with E-state index < -0.39 is 17.2 Å². The van der Waals surface area contributed by atoms with Crippen LogP contribution in [0.5, 0.6) is 0 Å². The summed E-state index contributed by atoms with van der Waals surface area (Å²) in [5.74, 6) is 0.0485. The van der Waals surface area contributed by atoms with Gasteiger partial charge in [0.05, 0.1) is 5.70 Å². The van der Waals surface area contributed by atoms with Gasteiger partial charge in [0.15, 0.2) is 0 Å². The molecule has 0 bridgehead atoms. The minimum absolute atomic E-state index is 0.00546. The van der Waals surface area contributed by atoms with Gasteiger partial charge in [-0.05, 0) is 15.9 Å². The van der Waals surface area contributed by atoms with Crippen molar-refractivity contribution in [3.05, 3.63) is 23.2 Å². The number of ketones is 2. The van der Waals surface area contributed by atoms with Gasteiger partial charge in [0.25, 0.3) is 0 Å². The van der Waals surface area contributed by atoms with Crippen LogP contribution < -0.4 is 0 Å². The molecule has 13 heteroatoms. The first kappa shape index (κ1) is 24.2. The Balaban J connectivity index is 0.000000180. The molecule has 4 rings (SSSR count). The van der Waals surface area contributed by atoms with Crippen LogP contribution in [-0.2, 0) is 18.7 Å². The molecule has 0 aromatic heterocycles. The number of hydrogen-bond donors (Lipinski definition) is 2. The van der Waals surface area contributed by atoms with E-state index in [1.54, 1.807) is 13.8 Å². The lowest BCUT2D eigenvalue weighted by Crippen LogP contribution is -2.37. The number of Topliss-reactive ketones (excluding diaryl/α,β-unsaturated/α-hetero) is 1. The van der Waals surface area contributed by atoms with E-state index in [1.807, 2.05) is 14.7 Å². The zero-order chi connectivity index (χ0) is 22.5. The Hall–Kier alpha value is -0.420. The molecule has 3 heterocycles. The Kier molecular flexibility index (Phi) is 6.86. The third-order valence-corrected chi connectivity index (χ3v) is 8.94. The van der Waals surface area contributed by atoms with Crippen LogP contribution in [0.2, 0.25) is 0 Å². The van der Waals surface area contributed by atoms with Crippen molar-refractivity contribution in [2.24, 2.45) is 5.41 Å². The predicted octanol–water partition coefficient (Wildman–Crippen LogP) is 1.98. The zero-order valence-electron chi connectivity index (χ0n) is 16.5. The first-order valence-corrected chi connectivity index (χ1v) is 13.1. The van der Waals surface area contributed by atoms with E-state index >= 15 is 0 Å². The monoisotopic (exact) mass is 589 g/mol. The topological polar surface area (TPSA) is 110 Å². The van der Waals surface area contributed by atoms with Gasteiger partial charge in [0, 0.05) is 56.1 Å². The summed E-state index contributed by atoms with van der Waals surface area (Å²) in [5.41, 5.74) is 1.22. The molecule has 3 saturated heterocycles. The summed E-state index contributed by atoms with van der Waals surface area (Å²) in [4.78, 5) is 47.6. The molecule has 3 fully saturated rings. The molecule has 0 amide bonds. The normalized spacial score (nSPS) is 23.0. The van der Waals surface area contributed by atoms with Crippen molar-refractivity contribution in [2.75, 3.05) is 44.6 Å². The minimum atomic E-state index is -4.60. The van der Waals surface area contributed by atoms with Crippen molar-refractivity contribution in [2.45, 2.75) is 17.8 Å². The number of rotatable bonds is 7. The average Bonchev–Trinajstić information content (AvgIpc) is 3.45. The van der Waals surface area contributed by atoms with Crippen molar-refractivity contribution in [1.82, 2.24) is 14.7 Å². The molecule has 0 aromatic carbocycles. The largest absolute Gasteiger partial charge is 0.471 e. The maximum Gasteiger partial charge on any atom is 0.471 e. The molecule has 0 spiro atoms. The SMILES string of the molecule is CC(C)(CBr)C(Cl)(Br)OP(=O)(O)O.O=C1C=C(N2CC2)C(=O)C(N2CC2)=C1N1CC1. The summed E-state index contributed by atoms with van der Waals surface area (Å²) in [5, 5.41) is 0.425. The summed E-state index contributed by atoms with van der Waals surface area (Å²) >= 11 is 11.9. The molecular weight excluding hydrogens is 568 g/mol. The highest BCUT2D eigenvalue weighted by Crippen LogP contribution is 2.54. The molecule has 1 unspecified atom stereocenters. The maximum absolute atomic E-state index is 12.4. The minimum Gasteiger partial charge on any atom is -0.365 e. The molecule has 2 N–H and O–H groups in total. The second-order valence-electron chi connectivity index (χ2n) is 8.00. The summed E-state index contributed by atoms with van der Waals surface area (Å²) in [6.45, 7) is 8.79. The third kappa shape index (κ3) is 5.68. The first-order chi connectivity index (χ1) is 13.8. The van der Waals surface area contributed by atoms with Crippen molar-refractivity contribution >= 4 is 62.9 Å². The van der Waals surface area contributed by atoms with Crippen LogP contribution in [0.1, 0.15) is 13.8 Å². The van der Waals surface area contributed by atoms with E-state index in [1.165, 1.54) is 6.08 Å². The van der Waals surface area contributed by atoms with Gasteiger partial charge in [-0.3, -0.25) is 14.1 Å². The van der Waals surface area contributed by atoms with Gasteiger partial charge in [-0.1, -0.05) is 41.4 Å². The van der Waals surface area contributed by atoms with Crippen LogP contribution in [0.3, 0.4) is 0 Å². The first-order valence-electron chi connectivity index (χ1n) is 9.27. The molecule has 168 valence electrons. The van der Waals surface area contributed by atoms with Crippen LogP contribution >= 0.6 is 51.3 Å².